The highest BCUT2D eigenvalue weighted by Gasteiger charge is 2.18. The van der Waals surface area contributed by atoms with Crippen LogP contribution < -0.4 is 19.8 Å². The summed E-state index contributed by atoms with van der Waals surface area (Å²) in [5.74, 6) is 3.59. The van der Waals surface area contributed by atoms with E-state index in [1.54, 1.807) is 50.2 Å². The first-order chi connectivity index (χ1) is 18.0. The molecular weight excluding hydrogens is 490 g/mol. The number of rotatable bonds is 8. The van der Waals surface area contributed by atoms with Gasteiger partial charge in [0.2, 0.25) is 5.89 Å². The topological polar surface area (TPSA) is 88.6 Å². The number of nitrogens with zero attached hydrogens (tertiary/aromatic N) is 3. The predicted molar refractivity (Wildman–Crippen MR) is 143 cm³/mol. The third kappa shape index (κ3) is 4.90. The summed E-state index contributed by atoms with van der Waals surface area (Å²) in [7, 11) is 4.77. The Hall–Kier alpha value is -4.24. The fraction of sp³-hybridized carbons (Fsp3) is 0.179. The molecule has 37 heavy (non-hydrogen) atoms. The second kappa shape index (κ2) is 10.4. The number of methoxy groups -OCH3 is 3. The lowest BCUT2D eigenvalue weighted by Crippen LogP contribution is -2.22. The van der Waals surface area contributed by atoms with Gasteiger partial charge in [0.25, 0.3) is 5.56 Å². The maximum atomic E-state index is 13.7. The first-order valence-corrected chi connectivity index (χ1v) is 12.5. The van der Waals surface area contributed by atoms with Crippen LogP contribution in [0.25, 0.3) is 28.0 Å². The van der Waals surface area contributed by atoms with Gasteiger partial charge in [-0.25, -0.2) is 9.97 Å². The Morgan fingerprint density at radius 1 is 0.865 bits per heavy atom. The van der Waals surface area contributed by atoms with Crippen molar-refractivity contribution in [2.75, 3.05) is 21.3 Å². The van der Waals surface area contributed by atoms with Crippen molar-refractivity contribution < 1.29 is 18.6 Å². The van der Waals surface area contributed by atoms with Gasteiger partial charge in [-0.3, -0.25) is 9.36 Å². The molecular formula is C28H25N3O5S. The van der Waals surface area contributed by atoms with Crippen LogP contribution in [0.5, 0.6) is 17.2 Å². The highest BCUT2D eigenvalue weighted by Crippen LogP contribution is 2.31. The highest BCUT2D eigenvalue weighted by molar-refractivity contribution is 7.98. The van der Waals surface area contributed by atoms with Crippen molar-refractivity contribution >= 4 is 22.7 Å². The molecule has 0 spiro atoms. The first kappa shape index (κ1) is 24.5. The molecule has 0 N–H and O–H groups in total. The van der Waals surface area contributed by atoms with Crippen LogP contribution in [0.1, 0.15) is 11.5 Å². The number of benzene rings is 3. The molecule has 0 aliphatic rings. The number of fused-ring (bicyclic) bond motifs is 1. The molecule has 2 aromatic heterocycles. The summed E-state index contributed by atoms with van der Waals surface area (Å²) in [6.45, 7) is 1.88. The quantitative estimate of drug-likeness (QED) is 0.193. The van der Waals surface area contributed by atoms with Crippen molar-refractivity contribution in [1.29, 1.82) is 0 Å². The number of thioether (sulfide) groups is 1. The predicted octanol–water partition coefficient (Wildman–Crippen LogP) is 5.67. The lowest BCUT2D eigenvalue weighted by Gasteiger charge is -2.15. The molecule has 0 aliphatic carbocycles. The van der Waals surface area contributed by atoms with Crippen molar-refractivity contribution in [3.8, 4) is 34.4 Å². The van der Waals surface area contributed by atoms with Crippen LogP contribution in [0.4, 0.5) is 0 Å². The fourth-order valence-corrected chi connectivity index (χ4v) is 4.92. The van der Waals surface area contributed by atoms with Crippen molar-refractivity contribution in [3.05, 3.63) is 88.5 Å². The Kier molecular flexibility index (Phi) is 6.87. The monoisotopic (exact) mass is 515 g/mol. The van der Waals surface area contributed by atoms with Crippen LogP contribution in [0.2, 0.25) is 0 Å². The smallest absolute Gasteiger partial charge is 0.266 e. The van der Waals surface area contributed by atoms with Crippen LogP contribution in [0.3, 0.4) is 0 Å². The molecule has 0 radical (unpaired) electrons. The fourth-order valence-electron chi connectivity index (χ4n) is 3.91. The van der Waals surface area contributed by atoms with E-state index in [1.165, 1.54) is 11.8 Å². The van der Waals surface area contributed by atoms with Gasteiger partial charge in [0.05, 0.1) is 43.6 Å². The van der Waals surface area contributed by atoms with E-state index < -0.39 is 0 Å². The minimum Gasteiger partial charge on any atom is -0.497 e. The molecule has 5 aromatic rings. The molecule has 9 heteroatoms. The summed E-state index contributed by atoms with van der Waals surface area (Å²) < 4.78 is 23.6. The molecule has 0 aliphatic heterocycles. The lowest BCUT2D eigenvalue weighted by molar-refractivity contribution is 0.394. The Balaban J connectivity index is 1.54. The molecule has 0 bridgehead atoms. The zero-order chi connectivity index (χ0) is 25.9. The molecule has 2 heterocycles. The van der Waals surface area contributed by atoms with Crippen molar-refractivity contribution in [2.24, 2.45) is 0 Å². The summed E-state index contributed by atoms with van der Waals surface area (Å²) in [4.78, 5) is 23.2. The number of hydrogen-bond acceptors (Lipinski definition) is 8. The number of oxazole rings is 1. The van der Waals surface area contributed by atoms with E-state index in [1.807, 2.05) is 49.4 Å². The Bertz CT molecular complexity index is 1600. The summed E-state index contributed by atoms with van der Waals surface area (Å²) >= 11 is 1.41. The van der Waals surface area contributed by atoms with Gasteiger partial charge in [-0.15, -0.1) is 0 Å². The zero-order valence-corrected chi connectivity index (χ0v) is 21.7. The molecule has 0 amide bonds. The van der Waals surface area contributed by atoms with Gasteiger partial charge in [-0.2, -0.15) is 0 Å². The molecule has 0 unspecified atom stereocenters. The molecule has 0 saturated heterocycles. The largest absolute Gasteiger partial charge is 0.497 e. The molecule has 0 atom stereocenters. The van der Waals surface area contributed by atoms with E-state index in [9.17, 15) is 4.79 Å². The first-order valence-electron chi connectivity index (χ1n) is 11.5. The van der Waals surface area contributed by atoms with Gasteiger partial charge < -0.3 is 18.6 Å². The van der Waals surface area contributed by atoms with Gasteiger partial charge in [0, 0.05) is 29.5 Å². The Morgan fingerprint density at radius 3 is 2.22 bits per heavy atom. The third-order valence-corrected chi connectivity index (χ3v) is 6.86. The number of hydrogen-bond donors (Lipinski definition) is 0. The van der Waals surface area contributed by atoms with E-state index in [0.717, 1.165) is 17.0 Å². The van der Waals surface area contributed by atoms with Crippen LogP contribution in [-0.2, 0) is 5.75 Å². The Morgan fingerprint density at radius 2 is 1.54 bits per heavy atom. The Labute approximate surface area is 217 Å². The summed E-state index contributed by atoms with van der Waals surface area (Å²) in [5, 5.41) is 1.04. The molecule has 3 aromatic carbocycles. The minimum absolute atomic E-state index is 0.181. The average molecular weight is 516 g/mol. The average Bonchev–Trinajstić information content (AvgIpc) is 3.31. The van der Waals surface area contributed by atoms with Crippen molar-refractivity contribution in [2.45, 2.75) is 17.8 Å². The maximum absolute atomic E-state index is 13.7. The number of ether oxygens (including phenoxy) is 3. The van der Waals surface area contributed by atoms with E-state index >= 15 is 0 Å². The van der Waals surface area contributed by atoms with Gasteiger partial charge in [0.1, 0.15) is 23.0 Å². The SMILES string of the molecule is COc1ccc(-c2nc(CSc3nc4ccccc4c(=O)n3-c3cc(OC)cc(OC)c3)c(C)o2)cc1. The van der Waals surface area contributed by atoms with Gasteiger partial charge in [-0.05, 0) is 43.3 Å². The van der Waals surface area contributed by atoms with Crippen LogP contribution >= 0.6 is 11.8 Å². The lowest BCUT2D eigenvalue weighted by atomic mass is 10.2. The zero-order valence-electron chi connectivity index (χ0n) is 20.8. The standard InChI is InChI=1S/C28H25N3O5S/c1-17-25(29-26(36-17)18-9-11-20(33-2)12-10-18)16-37-28-30-24-8-6-5-7-23(24)27(32)31(28)19-13-21(34-3)15-22(14-19)35-4/h5-15H,16H2,1-4H3. The minimum atomic E-state index is -0.181. The highest BCUT2D eigenvalue weighted by atomic mass is 32.2. The second-order valence-corrected chi connectivity index (χ2v) is 9.10. The van der Waals surface area contributed by atoms with E-state index in [2.05, 4.69) is 0 Å². The van der Waals surface area contributed by atoms with E-state index in [-0.39, 0.29) is 5.56 Å². The molecule has 0 fully saturated rings. The van der Waals surface area contributed by atoms with Crippen molar-refractivity contribution in [1.82, 2.24) is 14.5 Å². The summed E-state index contributed by atoms with van der Waals surface area (Å²) in [6.07, 6.45) is 0. The van der Waals surface area contributed by atoms with E-state index in [4.69, 9.17) is 28.6 Å². The number of para-hydroxylation sites is 1. The van der Waals surface area contributed by atoms with Gasteiger partial charge >= 0.3 is 0 Å². The molecule has 188 valence electrons. The van der Waals surface area contributed by atoms with Crippen LogP contribution in [-0.4, -0.2) is 35.9 Å². The van der Waals surface area contributed by atoms with Crippen LogP contribution in [0.15, 0.2) is 81.1 Å². The number of aromatic nitrogens is 3. The summed E-state index contributed by atoms with van der Waals surface area (Å²) in [5.41, 5.74) is 2.66. The van der Waals surface area contributed by atoms with Crippen molar-refractivity contribution in [3.63, 3.8) is 0 Å². The van der Waals surface area contributed by atoms with E-state index in [0.29, 0.717) is 50.6 Å². The molecule has 8 nitrogen and oxygen atoms in total. The van der Waals surface area contributed by atoms with Crippen LogP contribution in [0, 0.1) is 6.92 Å². The molecule has 5 rings (SSSR count). The van der Waals surface area contributed by atoms with Gasteiger partial charge in [0.15, 0.2) is 5.16 Å². The third-order valence-electron chi connectivity index (χ3n) is 5.91. The van der Waals surface area contributed by atoms with Gasteiger partial charge in [-0.1, -0.05) is 23.9 Å². The molecule has 0 saturated carbocycles. The maximum Gasteiger partial charge on any atom is 0.266 e. The second-order valence-electron chi connectivity index (χ2n) is 8.16. The normalized spacial score (nSPS) is 11.0. The number of aryl methyl sites for hydroxylation is 1. The summed E-state index contributed by atoms with van der Waals surface area (Å²) in [6, 6.07) is 20.2.